The number of ether oxygens (including phenoxy) is 1. The van der Waals surface area contributed by atoms with Gasteiger partial charge in [0.1, 0.15) is 5.75 Å². The monoisotopic (exact) mass is 452 g/mol. The SMILES string of the molecule is COc1ccccc1C(=O)C(C(C)C)=P(c1ccccc1)(c1ccccc1)c1ccccc1. The fraction of sp³-hybridized carbons (Fsp3) is 0.133. The van der Waals surface area contributed by atoms with Gasteiger partial charge in [0.05, 0.1) is 12.7 Å². The Morgan fingerprint density at radius 1 is 0.636 bits per heavy atom. The number of carbonyl (C=O) groups is 1. The van der Waals surface area contributed by atoms with Crippen LogP contribution in [0, 0.1) is 5.92 Å². The number of para-hydroxylation sites is 1. The van der Waals surface area contributed by atoms with Crippen molar-refractivity contribution in [1.29, 1.82) is 0 Å². The molecule has 0 spiro atoms. The van der Waals surface area contributed by atoms with Gasteiger partial charge in [-0.3, -0.25) is 4.79 Å². The van der Waals surface area contributed by atoms with Crippen LogP contribution in [0.4, 0.5) is 0 Å². The first-order valence-electron chi connectivity index (χ1n) is 11.2. The minimum absolute atomic E-state index is 0.0244. The molecule has 0 aliphatic carbocycles. The summed E-state index contributed by atoms with van der Waals surface area (Å²) in [5, 5.41) is 4.45. The second kappa shape index (κ2) is 10.1. The smallest absolute Gasteiger partial charge is 0.194 e. The summed E-state index contributed by atoms with van der Waals surface area (Å²) in [4.78, 5) is 14.4. The van der Waals surface area contributed by atoms with Gasteiger partial charge in [0.2, 0.25) is 0 Å². The Morgan fingerprint density at radius 2 is 1.03 bits per heavy atom. The van der Waals surface area contributed by atoms with E-state index < -0.39 is 6.89 Å². The third-order valence-corrected chi connectivity index (χ3v) is 10.6. The molecule has 166 valence electrons. The van der Waals surface area contributed by atoms with Gasteiger partial charge in [-0.25, -0.2) is 0 Å². The fourth-order valence-corrected chi connectivity index (χ4v) is 9.38. The predicted molar refractivity (Wildman–Crippen MR) is 142 cm³/mol. The number of rotatable bonds is 7. The quantitative estimate of drug-likeness (QED) is 0.266. The molecule has 2 nitrogen and oxygen atoms in total. The first kappa shape index (κ1) is 22.8. The molecule has 0 saturated heterocycles. The van der Waals surface area contributed by atoms with Gasteiger partial charge in [-0.15, -0.1) is 0 Å². The van der Waals surface area contributed by atoms with Crippen molar-refractivity contribution in [2.24, 2.45) is 5.92 Å². The van der Waals surface area contributed by atoms with Crippen LogP contribution >= 0.6 is 6.89 Å². The minimum atomic E-state index is -2.46. The van der Waals surface area contributed by atoms with Crippen molar-refractivity contribution in [3.05, 3.63) is 121 Å². The average molecular weight is 453 g/mol. The third-order valence-electron chi connectivity index (χ3n) is 5.92. The van der Waals surface area contributed by atoms with Crippen LogP contribution in [-0.4, -0.2) is 18.2 Å². The molecule has 4 aromatic rings. The lowest BCUT2D eigenvalue weighted by molar-refractivity contribution is 0.106. The lowest BCUT2D eigenvalue weighted by Gasteiger charge is -2.34. The molecule has 0 aliphatic rings. The molecule has 0 heterocycles. The van der Waals surface area contributed by atoms with E-state index in [1.165, 1.54) is 15.9 Å². The molecule has 0 radical (unpaired) electrons. The van der Waals surface area contributed by atoms with Crippen molar-refractivity contribution in [2.45, 2.75) is 13.8 Å². The Morgan fingerprint density at radius 3 is 1.42 bits per heavy atom. The molecule has 0 aromatic heterocycles. The first-order valence-corrected chi connectivity index (χ1v) is 13.0. The summed E-state index contributed by atoms with van der Waals surface area (Å²) in [5.41, 5.74) is 0.607. The molecule has 4 aromatic carbocycles. The number of carbonyl (C=O) groups excluding carboxylic acids is 1. The van der Waals surface area contributed by atoms with E-state index in [9.17, 15) is 4.79 Å². The Labute approximate surface area is 196 Å². The zero-order valence-electron chi connectivity index (χ0n) is 19.3. The number of ketones is 1. The van der Waals surface area contributed by atoms with E-state index in [4.69, 9.17) is 4.74 Å². The van der Waals surface area contributed by atoms with E-state index in [-0.39, 0.29) is 11.7 Å². The van der Waals surface area contributed by atoms with E-state index in [0.717, 1.165) is 5.29 Å². The molecule has 0 fully saturated rings. The summed E-state index contributed by atoms with van der Waals surface area (Å²) in [6, 6.07) is 39.1. The van der Waals surface area contributed by atoms with Gasteiger partial charge in [-0.05, 0) is 40.9 Å². The Hall–Kier alpha value is -3.35. The van der Waals surface area contributed by atoms with Gasteiger partial charge in [-0.1, -0.05) is 117 Å². The zero-order valence-corrected chi connectivity index (χ0v) is 20.2. The van der Waals surface area contributed by atoms with E-state index in [1.54, 1.807) is 7.11 Å². The maximum Gasteiger partial charge on any atom is 0.194 e. The van der Waals surface area contributed by atoms with Crippen molar-refractivity contribution in [1.82, 2.24) is 0 Å². The standard InChI is InChI=1S/C30H29O2P/c1-23(2)30(29(31)27-21-13-14-22-28(27)32-3)33(24-15-7-4-8-16-24,25-17-9-5-10-18-25)26-19-11-6-12-20-26/h4-23H,1-3H3. The second-order valence-electron chi connectivity index (χ2n) is 8.25. The van der Waals surface area contributed by atoms with Gasteiger partial charge in [0.15, 0.2) is 5.78 Å². The average Bonchev–Trinajstić information content (AvgIpc) is 2.88. The number of hydrogen-bond donors (Lipinski definition) is 0. The molecule has 0 N–H and O–H groups in total. The van der Waals surface area contributed by atoms with Crippen molar-refractivity contribution < 1.29 is 9.53 Å². The lowest BCUT2D eigenvalue weighted by Crippen LogP contribution is -2.36. The van der Waals surface area contributed by atoms with E-state index >= 15 is 0 Å². The number of hydrogen-bond acceptors (Lipinski definition) is 2. The molecule has 0 unspecified atom stereocenters. The Bertz CT molecular complexity index is 1170. The summed E-state index contributed by atoms with van der Waals surface area (Å²) in [6.07, 6.45) is 0. The van der Waals surface area contributed by atoms with Crippen LogP contribution in [0.25, 0.3) is 0 Å². The van der Waals surface area contributed by atoms with Gasteiger partial charge in [0.25, 0.3) is 0 Å². The first-order chi connectivity index (χ1) is 16.1. The van der Waals surface area contributed by atoms with Crippen LogP contribution in [0.1, 0.15) is 24.2 Å². The highest BCUT2D eigenvalue weighted by molar-refractivity contribution is 7.96. The molecule has 0 atom stereocenters. The zero-order chi connectivity index (χ0) is 23.3. The largest absolute Gasteiger partial charge is 0.496 e. The Kier molecular flexibility index (Phi) is 6.96. The van der Waals surface area contributed by atoms with Crippen molar-refractivity contribution >= 4 is 33.9 Å². The molecule has 33 heavy (non-hydrogen) atoms. The summed E-state index contributed by atoms with van der Waals surface area (Å²) in [6.45, 7) is 1.80. The summed E-state index contributed by atoms with van der Waals surface area (Å²) >= 11 is 0. The summed E-state index contributed by atoms with van der Waals surface area (Å²) in [5.74, 6) is 0.677. The topological polar surface area (TPSA) is 26.3 Å². The highest BCUT2D eigenvalue weighted by Gasteiger charge is 2.35. The normalized spacial score (nSPS) is 11.3. The van der Waals surface area contributed by atoms with Crippen LogP contribution in [0.5, 0.6) is 5.75 Å². The van der Waals surface area contributed by atoms with Gasteiger partial charge >= 0.3 is 0 Å². The van der Waals surface area contributed by atoms with Gasteiger partial charge in [0, 0.05) is 5.29 Å². The van der Waals surface area contributed by atoms with E-state index in [1.807, 2.05) is 42.5 Å². The van der Waals surface area contributed by atoms with Crippen LogP contribution in [0.2, 0.25) is 0 Å². The molecule has 0 saturated carbocycles. The summed E-state index contributed by atoms with van der Waals surface area (Å²) in [7, 11) is 1.62. The molecule has 4 rings (SSSR count). The maximum atomic E-state index is 14.4. The molecule has 0 bridgehead atoms. The van der Waals surface area contributed by atoms with Crippen LogP contribution in [-0.2, 0) is 0 Å². The summed E-state index contributed by atoms with van der Waals surface area (Å²) < 4.78 is 5.60. The number of Topliss-reactive ketones (excluding diaryl/α,β-unsaturated/α-hetero) is 1. The molecular formula is C30H29O2P. The van der Waals surface area contributed by atoms with Crippen LogP contribution < -0.4 is 20.7 Å². The Balaban J connectivity index is 2.24. The second-order valence-corrected chi connectivity index (χ2v) is 11.6. The highest BCUT2D eigenvalue weighted by atomic mass is 31.2. The fourth-order valence-electron chi connectivity index (χ4n) is 4.59. The number of benzene rings is 4. The van der Waals surface area contributed by atoms with Crippen LogP contribution in [0.3, 0.4) is 0 Å². The maximum absolute atomic E-state index is 14.4. The molecule has 0 aliphatic heterocycles. The number of methoxy groups -OCH3 is 1. The molecule has 0 amide bonds. The van der Waals surface area contributed by atoms with Crippen LogP contribution in [0.15, 0.2) is 115 Å². The van der Waals surface area contributed by atoms with Crippen molar-refractivity contribution in [2.75, 3.05) is 7.11 Å². The predicted octanol–water partition coefficient (Wildman–Crippen LogP) is 5.70. The minimum Gasteiger partial charge on any atom is -0.496 e. The van der Waals surface area contributed by atoms with E-state index in [2.05, 4.69) is 86.6 Å². The molecule has 3 heteroatoms. The molecular weight excluding hydrogens is 423 g/mol. The third kappa shape index (κ3) is 4.19. The van der Waals surface area contributed by atoms with Crippen molar-refractivity contribution in [3.8, 4) is 5.75 Å². The van der Waals surface area contributed by atoms with Gasteiger partial charge in [-0.2, -0.15) is 0 Å². The lowest BCUT2D eigenvalue weighted by atomic mass is 10.0. The van der Waals surface area contributed by atoms with Gasteiger partial charge < -0.3 is 4.74 Å². The van der Waals surface area contributed by atoms with Crippen molar-refractivity contribution in [3.63, 3.8) is 0 Å². The van der Waals surface area contributed by atoms with E-state index in [0.29, 0.717) is 11.3 Å². The highest BCUT2D eigenvalue weighted by Crippen LogP contribution is 2.48.